The molecular weight excluding hydrogens is 238 g/mol. The maximum absolute atomic E-state index is 6.21. The first-order valence-corrected chi connectivity index (χ1v) is 6.66. The van der Waals surface area contributed by atoms with Gasteiger partial charge in [0, 0.05) is 25.2 Å². The molecule has 19 heavy (non-hydrogen) atoms. The Morgan fingerprint density at radius 1 is 1.37 bits per heavy atom. The zero-order valence-corrected chi connectivity index (χ0v) is 11.1. The van der Waals surface area contributed by atoms with E-state index in [1.807, 2.05) is 24.3 Å². The Labute approximate surface area is 113 Å². The van der Waals surface area contributed by atoms with Gasteiger partial charge in [0.25, 0.3) is 0 Å². The second-order valence-electron chi connectivity index (χ2n) is 5.19. The van der Waals surface area contributed by atoms with E-state index in [9.17, 15) is 0 Å². The van der Waals surface area contributed by atoms with Crippen LogP contribution in [-0.4, -0.2) is 24.2 Å². The Morgan fingerprint density at radius 3 is 2.89 bits per heavy atom. The van der Waals surface area contributed by atoms with Gasteiger partial charge < -0.3 is 15.8 Å². The van der Waals surface area contributed by atoms with Gasteiger partial charge in [-0.3, -0.25) is 4.98 Å². The molecule has 1 heterocycles. The minimum absolute atomic E-state index is 0.00364. The number of methoxy groups -OCH3 is 1. The third-order valence-corrected chi connectivity index (χ3v) is 4.13. The normalized spacial score (nSPS) is 17.1. The van der Waals surface area contributed by atoms with Crippen LogP contribution in [0.5, 0.6) is 0 Å². The Balaban J connectivity index is 1.83. The molecule has 0 aliphatic heterocycles. The molecular formula is C15H19N3O. The number of pyridine rings is 1. The number of hydrogen-bond acceptors (Lipinski definition) is 4. The Morgan fingerprint density at radius 2 is 2.21 bits per heavy atom. The number of benzene rings is 1. The molecule has 3 rings (SSSR count). The first kappa shape index (κ1) is 12.2. The molecule has 0 amide bonds. The summed E-state index contributed by atoms with van der Waals surface area (Å²) in [6.07, 6.45) is 5.26. The number of fused-ring (bicyclic) bond motifs is 1. The van der Waals surface area contributed by atoms with Crippen molar-refractivity contribution in [3.8, 4) is 0 Å². The monoisotopic (exact) mass is 257 g/mol. The lowest BCUT2D eigenvalue weighted by Gasteiger charge is -2.40. The van der Waals surface area contributed by atoms with Gasteiger partial charge in [-0.05, 0) is 43.5 Å². The lowest BCUT2D eigenvalue weighted by molar-refractivity contribution is -0.0601. The second kappa shape index (κ2) is 4.70. The summed E-state index contributed by atoms with van der Waals surface area (Å²) >= 11 is 0. The average molecular weight is 257 g/mol. The van der Waals surface area contributed by atoms with E-state index < -0.39 is 0 Å². The zero-order valence-electron chi connectivity index (χ0n) is 11.1. The van der Waals surface area contributed by atoms with E-state index >= 15 is 0 Å². The van der Waals surface area contributed by atoms with Crippen molar-refractivity contribution in [2.45, 2.75) is 24.9 Å². The largest absolute Gasteiger partial charge is 0.397 e. The fourth-order valence-corrected chi connectivity index (χ4v) is 2.61. The van der Waals surface area contributed by atoms with E-state index in [4.69, 9.17) is 10.5 Å². The van der Waals surface area contributed by atoms with E-state index in [0.717, 1.165) is 41.7 Å². The number of nitrogens with two attached hydrogens (primary N) is 1. The van der Waals surface area contributed by atoms with Gasteiger partial charge in [-0.15, -0.1) is 0 Å². The summed E-state index contributed by atoms with van der Waals surface area (Å²) in [5.74, 6) is 0. The molecule has 1 aliphatic carbocycles. The minimum Gasteiger partial charge on any atom is -0.397 e. The molecule has 0 spiro atoms. The number of aromatic nitrogens is 1. The molecule has 1 aliphatic rings. The van der Waals surface area contributed by atoms with Crippen LogP contribution in [0.1, 0.15) is 19.3 Å². The molecule has 100 valence electrons. The lowest BCUT2D eigenvalue weighted by Crippen LogP contribution is -2.45. The molecule has 0 unspecified atom stereocenters. The standard InChI is InChI=1S/C15H19N3O/c1-19-15(7-3-8-15)10-18-13-6-5-12-11(14(13)16)4-2-9-17-12/h2,4-6,9,18H,3,7-8,10,16H2,1H3. The van der Waals surface area contributed by atoms with Gasteiger partial charge in [0.1, 0.15) is 0 Å². The van der Waals surface area contributed by atoms with Crippen LogP contribution < -0.4 is 11.1 Å². The summed E-state index contributed by atoms with van der Waals surface area (Å²) < 4.78 is 5.61. The molecule has 0 bridgehead atoms. The number of anilines is 2. The highest BCUT2D eigenvalue weighted by molar-refractivity contribution is 5.96. The first-order chi connectivity index (χ1) is 9.24. The number of rotatable bonds is 4. The Bertz CT molecular complexity index is 587. The van der Waals surface area contributed by atoms with Crippen LogP contribution in [-0.2, 0) is 4.74 Å². The Hall–Kier alpha value is -1.81. The van der Waals surface area contributed by atoms with Gasteiger partial charge in [-0.2, -0.15) is 0 Å². The van der Waals surface area contributed by atoms with Crippen LogP contribution in [0.25, 0.3) is 10.9 Å². The van der Waals surface area contributed by atoms with Crippen molar-refractivity contribution in [1.82, 2.24) is 4.98 Å². The van der Waals surface area contributed by atoms with Gasteiger partial charge in [-0.25, -0.2) is 0 Å². The number of ether oxygens (including phenoxy) is 1. The minimum atomic E-state index is -0.00364. The van der Waals surface area contributed by atoms with Gasteiger partial charge in [-0.1, -0.05) is 0 Å². The third kappa shape index (κ3) is 2.12. The molecule has 1 saturated carbocycles. The molecule has 3 N–H and O–H groups in total. The van der Waals surface area contributed by atoms with E-state index in [2.05, 4.69) is 10.3 Å². The summed E-state index contributed by atoms with van der Waals surface area (Å²) in [5, 5.41) is 4.41. The Kier molecular flexibility index (Phi) is 3.03. The highest BCUT2D eigenvalue weighted by atomic mass is 16.5. The van der Waals surface area contributed by atoms with E-state index in [-0.39, 0.29) is 5.60 Å². The molecule has 1 aromatic heterocycles. The summed E-state index contributed by atoms with van der Waals surface area (Å²) in [6.45, 7) is 0.805. The van der Waals surface area contributed by atoms with Gasteiger partial charge in [0.2, 0.25) is 0 Å². The van der Waals surface area contributed by atoms with Crippen LogP contribution in [0.2, 0.25) is 0 Å². The zero-order chi connectivity index (χ0) is 13.3. The smallest absolute Gasteiger partial charge is 0.0850 e. The highest BCUT2D eigenvalue weighted by Crippen LogP contribution is 2.36. The number of nitrogens with one attached hydrogen (secondary N) is 1. The van der Waals surface area contributed by atoms with Crippen LogP contribution in [0.4, 0.5) is 11.4 Å². The molecule has 4 heteroatoms. The van der Waals surface area contributed by atoms with Crippen LogP contribution >= 0.6 is 0 Å². The number of nitrogens with zero attached hydrogens (tertiary/aromatic N) is 1. The third-order valence-electron chi connectivity index (χ3n) is 4.13. The fraction of sp³-hybridized carbons (Fsp3) is 0.400. The maximum Gasteiger partial charge on any atom is 0.0850 e. The molecule has 0 radical (unpaired) electrons. The topological polar surface area (TPSA) is 60.2 Å². The van der Waals surface area contributed by atoms with Crippen molar-refractivity contribution in [2.24, 2.45) is 0 Å². The van der Waals surface area contributed by atoms with Crippen molar-refractivity contribution in [1.29, 1.82) is 0 Å². The lowest BCUT2D eigenvalue weighted by atomic mass is 9.80. The SMILES string of the molecule is COC1(CNc2ccc3ncccc3c2N)CCC1. The average Bonchev–Trinajstić information content (AvgIpc) is 2.40. The van der Waals surface area contributed by atoms with Crippen molar-refractivity contribution in [2.75, 3.05) is 24.7 Å². The first-order valence-electron chi connectivity index (χ1n) is 6.66. The molecule has 0 saturated heterocycles. The second-order valence-corrected chi connectivity index (χ2v) is 5.19. The summed E-state index contributed by atoms with van der Waals surface area (Å²) in [5.41, 5.74) is 8.85. The van der Waals surface area contributed by atoms with E-state index in [0.29, 0.717) is 0 Å². The number of nitrogen functional groups attached to an aromatic ring is 1. The van der Waals surface area contributed by atoms with Gasteiger partial charge in [0.15, 0.2) is 0 Å². The maximum atomic E-state index is 6.21. The van der Waals surface area contributed by atoms with Crippen molar-refractivity contribution >= 4 is 22.3 Å². The molecule has 1 fully saturated rings. The van der Waals surface area contributed by atoms with Crippen LogP contribution in [0, 0.1) is 0 Å². The van der Waals surface area contributed by atoms with Gasteiger partial charge in [0.05, 0.1) is 22.5 Å². The predicted octanol–water partition coefficient (Wildman–Crippen LogP) is 2.80. The summed E-state index contributed by atoms with van der Waals surface area (Å²) in [4.78, 5) is 4.30. The van der Waals surface area contributed by atoms with Crippen molar-refractivity contribution < 1.29 is 4.74 Å². The molecule has 2 aromatic rings. The molecule has 1 aromatic carbocycles. The fourth-order valence-electron chi connectivity index (χ4n) is 2.61. The number of hydrogen-bond donors (Lipinski definition) is 2. The van der Waals surface area contributed by atoms with E-state index in [1.165, 1.54) is 6.42 Å². The predicted molar refractivity (Wildman–Crippen MR) is 78.2 cm³/mol. The van der Waals surface area contributed by atoms with Crippen molar-refractivity contribution in [3.63, 3.8) is 0 Å². The highest BCUT2D eigenvalue weighted by Gasteiger charge is 2.36. The summed E-state index contributed by atoms with van der Waals surface area (Å²) in [7, 11) is 1.79. The molecule has 0 atom stereocenters. The van der Waals surface area contributed by atoms with Gasteiger partial charge >= 0.3 is 0 Å². The quantitative estimate of drug-likeness (QED) is 0.827. The molecule has 4 nitrogen and oxygen atoms in total. The van der Waals surface area contributed by atoms with E-state index in [1.54, 1.807) is 13.3 Å². The van der Waals surface area contributed by atoms with Crippen molar-refractivity contribution in [3.05, 3.63) is 30.5 Å². The van der Waals surface area contributed by atoms with Crippen LogP contribution in [0.3, 0.4) is 0 Å². The summed E-state index contributed by atoms with van der Waals surface area (Å²) in [6, 6.07) is 7.89. The van der Waals surface area contributed by atoms with Crippen LogP contribution in [0.15, 0.2) is 30.5 Å².